The Hall–Kier alpha value is -2.26. The summed E-state index contributed by atoms with van der Waals surface area (Å²) in [5.41, 5.74) is 3.37. The standard InChI is InChI=1S/C16H12ClNO2/c1-9-5-4-7-11-13(10-6-2-3-8-12(10)17)15(16(19)20)18-14(9)11/h2-8,18H,1H3,(H,19,20). The molecule has 4 heteroatoms. The summed E-state index contributed by atoms with van der Waals surface area (Å²) in [5, 5.41) is 10.8. The first kappa shape index (κ1) is 12.8. The number of benzene rings is 2. The topological polar surface area (TPSA) is 53.1 Å². The molecule has 0 unspecified atom stereocenters. The number of para-hydroxylation sites is 1. The molecule has 3 nitrogen and oxygen atoms in total. The minimum absolute atomic E-state index is 0.169. The van der Waals surface area contributed by atoms with Crippen LogP contribution in [0.15, 0.2) is 42.5 Å². The summed E-state index contributed by atoms with van der Waals surface area (Å²) in [6.45, 7) is 1.95. The number of halogens is 1. The van der Waals surface area contributed by atoms with Gasteiger partial charge in [-0.3, -0.25) is 0 Å². The highest BCUT2D eigenvalue weighted by Gasteiger charge is 2.20. The van der Waals surface area contributed by atoms with E-state index in [-0.39, 0.29) is 5.69 Å². The van der Waals surface area contributed by atoms with Gasteiger partial charge in [0.05, 0.1) is 0 Å². The van der Waals surface area contributed by atoms with E-state index >= 15 is 0 Å². The van der Waals surface area contributed by atoms with Crippen LogP contribution in [0.2, 0.25) is 5.02 Å². The third kappa shape index (κ3) is 1.87. The van der Waals surface area contributed by atoms with Crippen molar-refractivity contribution in [3.63, 3.8) is 0 Å². The van der Waals surface area contributed by atoms with E-state index in [0.717, 1.165) is 22.0 Å². The molecule has 2 aromatic carbocycles. The van der Waals surface area contributed by atoms with Gasteiger partial charge in [0.15, 0.2) is 0 Å². The highest BCUT2D eigenvalue weighted by Crippen LogP contribution is 2.37. The summed E-state index contributed by atoms with van der Waals surface area (Å²) < 4.78 is 0. The van der Waals surface area contributed by atoms with Crippen molar-refractivity contribution in [1.82, 2.24) is 4.98 Å². The highest BCUT2D eigenvalue weighted by molar-refractivity contribution is 6.34. The number of hydrogen-bond donors (Lipinski definition) is 2. The Bertz CT molecular complexity index is 820. The molecule has 0 amide bonds. The van der Waals surface area contributed by atoms with Crippen LogP contribution >= 0.6 is 11.6 Å². The summed E-state index contributed by atoms with van der Waals surface area (Å²) >= 11 is 6.23. The van der Waals surface area contributed by atoms with Crippen molar-refractivity contribution >= 4 is 28.5 Å². The van der Waals surface area contributed by atoms with Gasteiger partial charge < -0.3 is 10.1 Å². The third-order valence-corrected chi connectivity index (χ3v) is 3.73. The summed E-state index contributed by atoms with van der Waals surface area (Å²) in [5.74, 6) is -0.990. The number of aromatic nitrogens is 1. The first-order chi connectivity index (χ1) is 9.59. The lowest BCUT2D eigenvalue weighted by molar-refractivity contribution is 0.0692. The lowest BCUT2D eigenvalue weighted by atomic mass is 10.0. The number of carboxylic acids is 1. The average Bonchev–Trinajstić information content (AvgIpc) is 2.80. The van der Waals surface area contributed by atoms with E-state index < -0.39 is 5.97 Å². The van der Waals surface area contributed by atoms with E-state index in [1.165, 1.54) is 0 Å². The van der Waals surface area contributed by atoms with Crippen LogP contribution in [0.3, 0.4) is 0 Å². The van der Waals surface area contributed by atoms with Crippen molar-refractivity contribution < 1.29 is 9.90 Å². The average molecular weight is 286 g/mol. The number of H-pyrrole nitrogens is 1. The molecule has 0 bridgehead atoms. The molecule has 0 saturated heterocycles. The fourth-order valence-electron chi connectivity index (χ4n) is 2.47. The Labute approximate surface area is 120 Å². The van der Waals surface area contributed by atoms with Crippen LogP contribution < -0.4 is 0 Å². The zero-order valence-electron chi connectivity index (χ0n) is 10.8. The molecule has 100 valence electrons. The number of hydrogen-bond acceptors (Lipinski definition) is 1. The number of aromatic amines is 1. The summed E-state index contributed by atoms with van der Waals surface area (Å²) in [7, 11) is 0. The Morgan fingerprint density at radius 2 is 1.90 bits per heavy atom. The molecule has 2 N–H and O–H groups in total. The molecule has 0 fully saturated rings. The van der Waals surface area contributed by atoms with Gasteiger partial charge in [0.2, 0.25) is 0 Å². The minimum Gasteiger partial charge on any atom is -0.477 e. The fourth-order valence-corrected chi connectivity index (χ4v) is 2.70. The van der Waals surface area contributed by atoms with Crippen molar-refractivity contribution in [2.24, 2.45) is 0 Å². The van der Waals surface area contributed by atoms with Gasteiger partial charge in [-0.25, -0.2) is 4.79 Å². The molecule has 0 aliphatic heterocycles. The number of fused-ring (bicyclic) bond motifs is 1. The van der Waals surface area contributed by atoms with Gasteiger partial charge in [0.1, 0.15) is 5.69 Å². The molecule has 0 aliphatic rings. The van der Waals surface area contributed by atoms with Crippen molar-refractivity contribution in [3.8, 4) is 11.1 Å². The quantitative estimate of drug-likeness (QED) is 0.728. The molecular weight excluding hydrogens is 274 g/mol. The molecule has 3 aromatic rings. The lowest BCUT2D eigenvalue weighted by Crippen LogP contribution is -1.99. The largest absolute Gasteiger partial charge is 0.477 e. The first-order valence-corrected chi connectivity index (χ1v) is 6.57. The van der Waals surface area contributed by atoms with Gasteiger partial charge in [-0.05, 0) is 18.6 Å². The number of carbonyl (C=O) groups is 1. The minimum atomic E-state index is -0.990. The summed E-state index contributed by atoms with van der Waals surface area (Å²) in [6.07, 6.45) is 0. The van der Waals surface area contributed by atoms with Gasteiger partial charge in [0.25, 0.3) is 0 Å². The van der Waals surface area contributed by atoms with E-state index in [4.69, 9.17) is 11.6 Å². The van der Waals surface area contributed by atoms with E-state index in [1.807, 2.05) is 43.3 Å². The molecule has 1 aromatic heterocycles. The molecule has 0 spiro atoms. The SMILES string of the molecule is Cc1cccc2c(-c3ccccc3Cl)c(C(=O)O)[nH]c12. The van der Waals surface area contributed by atoms with Gasteiger partial charge in [0, 0.05) is 27.1 Å². The monoisotopic (exact) mass is 285 g/mol. The van der Waals surface area contributed by atoms with Gasteiger partial charge in [-0.1, -0.05) is 48.0 Å². The van der Waals surface area contributed by atoms with Crippen molar-refractivity contribution in [2.75, 3.05) is 0 Å². The fraction of sp³-hybridized carbons (Fsp3) is 0.0625. The van der Waals surface area contributed by atoms with Crippen LogP contribution in [0.5, 0.6) is 0 Å². The van der Waals surface area contributed by atoms with E-state index in [2.05, 4.69) is 4.98 Å². The number of aryl methyl sites for hydroxylation is 1. The van der Waals surface area contributed by atoms with Crippen LogP contribution in [0, 0.1) is 6.92 Å². The van der Waals surface area contributed by atoms with Gasteiger partial charge in [-0.15, -0.1) is 0 Å². The van der Waals surface area contributed by atoms with Crippen LogP contribution in [-0.4, -0.2) is 16.1 Å². The van der Waals surface area contributed by atoms with Crippen LogP contribution in [0.1, 0.15) is 16.1 Å². The molecule has 20 heavy (non-hydrogen) atoms. The maximum atomic E-state index is 11.5. The van der Waals surface area contributed by atoms with E-state index in [9.17, 15) is 9.90 Å². The molecule has 0 aliphatic carbocycles. The second kappa shape index (κ2) is 4.69. The molecule has 3 rings (SSSR count). The predicted octanol–water partition coefficient (Wildman–Crippen LogP) is 4.49. The zero-order valence-corrected chi connectivity index (χ0v) is 11.5. The maximum Gasteiger partial charge on any atom is 0.352 e. The number of rotatable bonds is 2. The lowest BCUT2D eigenvalue weighted by Gasteiger charge is -2.04. The number of nitrogens with one attached hydrogen (secondary N) is 1. The zero-order chi connectivity index (χ0) is 14.3. The highest BCUT2D eigenvalue weighted by atomic mass is 35.5. The Kier molecular flexibility index (Phi) is 2.99. The third-order valence-electron chi connectivity index (χ3n) is 3.40. The van der Waals surface area contributed by atoms with Gasteiger partial charge in [-0.2, -0.15) is 0 Å². The molecular formula is C16H12ClNO2. The number of aromatic carboxylic acids is 1. The summed E-state index contributed by atoms with van der Waals surface area (Å²) in [6, 6.07) is 13.0. The van der Waals surface area contributed by atoms with E-state index in [0.29, 0.717) is 10.6 Å². The first-order valence-electron chi connectivity index (χ1n) is 6.19. The van der Waals surface area contributed by atoms with Crippen LogP contribution in [-0.2, 0) is 0 Å². The van der Waals surface area contributed by atoms with Crippen molar-refractivity contribution in [1.29, 1.82) is 0 Å². The second-order valence-electron chi connectivity index (χ2n) is 4.66. The van der Waals surface area contributed by atoms with Gasteiger partial charge >= 0.3 is 5.97 Å². The second-order valence-corrected chi connectivity index (χ2v) is 5.06. The van der Waals surface area contributed by atoms with Crippen LogP contribution in [0.25, 0.3) is 22.0 Å². The normalized spacial score (nSPS) is 10.9. The maximum absolute atomic E-state index is 11.5. The van der Waals surface area contributed by atoms with Crippen molar-refractivity contribution in [3.05, 3.63) is 58.7 Å². The molecule has 0 atom stereocenters. The smallest absolute Gasteiger partial charge is 0.352 e. The van der Waals surface area contributed by atoms with Crippen LogP contribution in [0.4, 0.5) is 0 Å². The number of carboxylic acid groups (broad SMARTS) is 1. The Balaban J connectivity index is 2.45. The summed E-state index contributed by atoms with van der Waals surface area (Å²) in [4.78, 5) is 14.5. The molecule has 0 radical (unpaired) electrons. The molecule has 1 heterocycles. The van der Waals surface area contributed by atoms with E-state index in [1.54, 1.807) is 6.07 Å². The Morgan fingerprint density at radius 1 is 1.15 bits per heavy atom. The Morgan fingerprint density at radius 3 is 2.60 bits per heavy atom. The van der Waals surface area contributed by atoms with Crippen molar-refractivity contribution in [2.45, 2.75) is 6.92 Å². The predicted molar refractivity (Wildman–Crippen MR) is 80.4 cm³/mol. The molecule has 0 saturated carbocycles.